The van der Waals surface area contributed by atoms with Crippen LogP contribution in [0.4, 0.5) is 18.9 Å². The van der Waals surface area contributed by atoms with Crippen LogP contribution in [0.15, 0.2) is 40.6 Å². The molecule has 4 nitrogen and oxygen atoms in total. The second-order valence-electron chi connectivity index (χ2n) is 5.70. The standard InChI is InChI=1S/C17H15F3N2O2S2/c18-17(19,20)10-26-14-4-2-1-3-12(14)21-15(23)16(24)22-7-5-13-11(9-22)6-8-25-13/h1-4,6,8H,5,7,9-10H2,(H,21,23). The van der Waals surface area contributed by atoms with Crippen molar-refractivity contribution in [2.75, 3.05) is 17.6 Å². The Morgan fingerprint density at radius 2 is 2.00 bits per heavy atom. The summed E-state index contributed by atoms with van der Waals surface area (Å²) in [4.78, 5) is 27.6. The van der Waals surface area contributed by atoms with E-state index in [1.807, 2.05) is 11.4 Å². The van der Waals surface area contributed by atoms with Gasteiger partial charge in [0.15, 0.2) is 0 Å². The lowest BCUT2D eigenvalue weighted by atomic mass is 10.1. The van der Waals surface area contributed by atoms with E-state index in [-0.39, 0.29) is 10.6 Å². The summed E-state index contributed by atoms with van der Waals surface area (Å²) in [6.45, 7) is 0.819. The Labute approximate surface area is 156 Å². The van der Waals surface area contributed by atoms with E-state index >= 15 is 0 Å². The number of halogens is 3. The maximum absolute atomic E-state index is 12.4. The minimum absolute atomic E-state index is 0.202. The zero-order valence-electron chi connectivity index (χ0n) is 13.5. The Hall–Kier alpha value is -2.00. The predicted molar refractivity (Wildman–Crippen MR) is 95.3 cm³/mol. The number of hydrogen-bond acceptors (Lipinski definition) is 4. The summed E-state index contributed by atoms with van der Waals surface area (Å²) < 4.78 is 37.3. The van der Waals surface area contributed by atoms with Crippen molar-refractivity contribution < 1.29 is 22.8 Å². The Kier molecular flexibility index (Phi) is 5.57. The number of alkyl halides is 3. The first-order valence-electron chi connectivity index (χ1n) is 7.77. The average Bonchev–Trinajstić information content (AvgIpc) is 3.07. The molecule has 2 heterocycles. The Bertz CT molecular complexity index is 820. The molecule has 0 saturated heterocycles. The maximum atomic E-state index is 12.4. The molecule has 0 spiro atoms. The van der Waals surface area contributed by atoms with Gasteiger partial charge in [-0.15, -0.1) is 23.1 Å². The number of rotatable bonds is 3. The van der Waals surface area contributed by atoms with Gasteiger partial charge in [0.1, 0.15) is 0 Å². The molecule has 0 radical (unpaired) electrons. The summed E-state index contributed by atoms with van der Waals surface area (Å²) in [6.07, 6.45) is -3.62. The number of benzene rings is 1. The fraction of sp³-hybridized carbons (Fsp3) is 0.294. The molecule has 138 valence electrons. The Morgan fingerprint density at radius 3 is 2.77 bits per heavy atom. The van der Waals surface area contributed by atoms with Crippen LogP contribution in [0.5, 0.6) is 0 Å². The molecule has 26 heavy (non-hydrogen) atoms. The number of amides is 2. The van der Waals surface area contributed by atoms with Gasteiger partial charge in [0.25, 0.3) is 0 Å². The summed E-state index contributed by atoms with van der Waals surface area (Å²) in [5.74, 6) is -2.60. The van der Waals surface area contributed by atoms with Crippen LogP contribution in [-0.2, 0) is 22.6 Å². The molecule has 0 saturated carbocycles. The molecule has 1 aromatic heterocycles. The SMILES string of the molecule is O=C(Nc1ccccc1SCC(F)(F)F)C(=O)N1CCc2sccc2C1. The number of thioether (sulfide) groups is 1. The van der Waals surface area contributed by atoms with Crippen LogP contribution < -0.4 is 5.32 Å². The number of thiophene rings is 1. The topological polar surface area (TPSA) is 49.4 Å². The first-order chi connectivity index (χ1) is 12.3. The average molecular weight is 400 g/mol. The third-order valence-corrected chi connectivity index (χ3v) is 5.98. The van der Waals surface area contributed by atoms with Crippen LogP contribution in [-0.4, -0.2) is 35.2 Å². The van der Waals surface area contributed by atoms with Crippen molar-refractivity contribution >= 4 is 40.6 Å². The molecule has 0 aliphatic carbocycles. The van der Waals surface area contributed by atoms with Gasteiger partial charge in [-0.1, -0.05) is 12.1 Å². The van der Waals surface area contributed by atoms with Crippen LogP contribution in [0.1, 0.15) is 10.4 Å². The molecule has 3 rings (SSSR count). The molecule has 1 aliphatic heterocycles. The molecular formula is C17H15F3N2O2S2. The summed E-state index contributed by atoms with van der Waals surface area (Å²) >= 11 is 2.20. The lowest BCUT2D eigenvalue weighted by Crippen LogP contribution is -2.42. The fourth-order valence-corrected chi connectivity index (χ4v) is 4.25. The van der Waals surface area contributed by atoms with Gasteiger partial charge >= 0.3 is 18.0 Å². The molecule has 9 heteroatoms. The van der Waals surface area contributed by atoms with Crippen molar-refractivity contribution in [1.29, 1.82) is 0 Å². The fourth-order valence-electron chi connectivity index (χ4n) is 2.60. The van der Waals surface area contributed by atoms with Crippen molar-refractivity contribution in [3.05, 3.63) is 46.2 Å². The normalized spacial score (nSPS) is 14.0. The number of hydrogen-bond donors (Lipinski definition) is 1. The molecule has 2 aromatic rings. The molecule has 0 fully saturated rings. The van der Waals surface area contributed by atoms with Crippen LogP contribution in [0.3, 0.4) is 0 Å². The molecule has 1 aliphatic rings. The quantitative estimate of drug-likeness (QED) is 0.628. The lowest BCUT2D eigenvalue weighted by Gasteiger charge is -2.26. The van der Waals surface area contributed by atoms with E-state index in [1.165, 1.54) is 21.9 Å². The Morgan fingerprint density at radius 1 is 1.23 bits per heavy atom. The number of anilines is 1. The second-order valence-corrected chi connectivity index (χ2v) is 7.72. The van der Waals surface area contributed by atoms with Gasteiger partial charge in [-0.25, -0.2) is 0 Å². The van der Waals surface area contributed by atoms with Crippen molar-refractivity contribution in [1.82, 2.24) is 4.90 Å². The molecule has 0 bridgehead atoms. The summed E-state index contributed by atoms with van der Waals surface area (Å²) in [5, 5.41) is 4.40. The summed E-state index contributed by atoms with van der Waals surface area (Å²) in [6, 6.07) is 8.07. The molecule has 0 atom stereocenters. The predicted octanol–water partition coefficient (Wildman–Crippen LogP) is 3.93. The van der Waals surface area contributed by atoms with Crippen molar-refractivity contribution in [2.24, 2.45) is 0 Å². The molecule has 1 aromatic carbocycles. The van der Waals surface area contributed by atoms with Crippen LogP contribution in [0.25, 0.3) is 0 Å². The van der Waals surface area contributed by atoms with Crippen molar-refractivity contribution in [3.8, 4) is 0 Å². The number of nitrogens with one attached hydrogen (secondary N) is 1. The first kappa shape index (κ1) is 18.8. The third kappa shape index (κ3) is 4.59. The second kappa shape index (κ2) is 7.71. The van der Waals surface area contributed by atoms with Crippen LogP contribution in [0, 0.1) is 0 Å². The van der Waals surface area contributed by atoms with E-state index in [4.69, 9.17) is 0 Å². The highest BCUT2D eigenvalue weighted by Gasteiger charge is 2.29. The minimum atomic E-state index is -4.32. The van der Waals surface area contributed by atoms with Crippen molar-refractivity contribution in [2.45, 2.75) is 24.0 Å². The van der Waals surface area contributed by atoms with E-state index in [9.17, 15) is 22.8 Å². The van der Waals surface area contributed by atoms with Gasteiger partial charge in [-0.05, 0) is 35.6 Å². The van der Waals surface area contributed by atoms with E-state index in [1.54, 1.807) is 23.5 Å². The smallest absolute Gasteiger partial charge is 0.330 e. The molecule has 2 amide bonds. The van der Waals surface area contributed by atoms with Gasteiger partial charge < -0.3 is 10.2 Å². The molecular weight excluding hydrogens is 385 g/mol. The highest BCUT2D eigenvalue weighted by Crippen LogP contribution is 2.32. The van der Waals surface area contributed by atoms with Crippen LogP contribution >= 0.6 is 23.1 Å². The van der Waals surface area contributed by atoms with Gasteiger partial charge in [-0.3, -0.25) is 9.59 Å². The van der Waals surface area contributed by atoms with E-state index in [0.29, 0.717) is 31.3 Å². The Balaban J connectivity index is 1.65. The van der Waals surface area contributed by atoms with Crippen molar-refractivity contribution in [3.63, 3.8) is 0 Å². The van der Waals surface area contributed by atoms with Crippen LogP contribution in [0.2, 0.25) is 0 Å². The summed E-state index contributed by atoms with van der Waals surface area (Å²) in [5.41, 5.74) is 1.23. The lowest BCUT2D eigenvalue weighted by molar-refractivity contribution is -0.143. The monoisotopic (exact) mass is 400 g/mol. The zero-order valence-corrected chi connectivity index (χ0v) is 15.1. The number of fused-ring (bicyclic) bond motifs is 1. The van der Waals surface area contributed by atoms with Gasteiger partial charge in [0.2, 0.25) is 0 Å². The number of carbonyl (C=O) groups excluding carboxylic acids is 2. The third-order valence-electron chi connectivity index (χ3n) is 3.82. The van der Waals surface area contributed by atoms with E-state index in [2.05, 4.69) is 5.32 Å². The first-order valence-corrected chi connectivity index (χ1v) is 9.64. The molecule has 1 N–H and O–H groups in total. The molecule has 0 unspecified atom stereocenters. The number of para-hydroxylation sites is 1. The largest absolute Gasteiger partial charge is 0.398 e. The number of nitrogens with zero attached hydrogens (tertiary/aromatic N) is 1. The van der Waals surface area contributed by atoms with E-state index in [0.717, 1.165) is 5.56 Å². The highest BCUT2D eigenvalue weighted by atomic mass is 32.2. The number of carbonyl (C=O) groups is 2. The van der Waals surface area contributed by atoms with Gasteiger partial charge in [0.05, 0.1) is 11.4 Å². The summed E-state index contributed by atoms with van der Waals surface area (Å²) in [7, 11) is 0. The highest BCUT2D eigenvalue weighted by molar-refractivity contribution is 7.99. The van der Waals surface area contributed by atoms with Gasteiger partial charge in [0, 0.05) is 22.9 Å². The zero-order chi connectivity index (χ0) is 18.7. The maximum Gasteiger partial charge on any atom is 0.398 e. The van der Waals surface area contributed by atoms with E-state index < -0.39 is 23.7 Å². The van der Waals surface area contributed by atoms with Gasteiger partial charge in [-0.2, -0.15) is 13.2 Å². The minimum Gasteiger partial charge on any atom is -0.330 e.